The van der Waals surface area contributed by atoms with Crippen molar-refractivity contribution in [1.82, 2.24) is 14.9 Å². The van der Waals surface area contributed by atoms with Crippen molar-refractivity contribution in [2.75, 3.05) is 19.4 Å². The van der Waals surface area contributed by atoms with E-state index in [4.69, 9.17) is 10.5 Å². The van der Waals surface area contributed by atoms with Crippen LogP contribution in [0.25, 0.3) is 11.3 Å². The van der Waals surface area contributed by atoms with Crippen LogP contribution >= 0.6 is 0 Å². The average molecular weight is 542 g/mol. The highest BCUT2D eigenvalue weighted by molar-refractivity contribution is 6.03. The van der Waals surface area contributed by atoms with Crippen molar-refractivity contribution in [3.63, 3.8) is 0 Å². The first-order chi connectivity index (χ1) is 18.5. The van der Waals surface area contributed by atoms with Crippen LogP contribution in [-0.4, -0.2) is 52.9 Å². The molecule has 3 atom stereocenters. The molecule has 3 aromatic rings. The van der Waals surface area contributed by atoms with E-state index in [2.05, 4.69) is 15.3 Å². The topological polar surface area (TPSA) is 110 Å². The number of amides is 2. The second-order valence-corrected chi connectivity index (χ2v) is 10.1. The van der Waals surface area contributed by atoms with Crippen molar-refractivity contribution in [3.8, 4) is 11.3 Å². The van der Waals surface area contributed by atoms with Crippen molar-refractivity contribution >= 4 is 17.5 Å². The lowest BCUT2D eigenvalue weighted by Crippen LogP contribution is -2.39. The summed E-state index contributed by atoms with van der Waals surface area (Å²) >= 11 is 0. The summed E-state index contributed by atoms with van der Waals surface area (Å²) in [6, 6.07) is 5.43. The number of benzene rings is 1. The Morgan fingerprint density at radius 3 is 2.49 bits per heavy atom. The van der Waals surface area contributed by atoms with Crippen LogP contribution < -0.4 is 11.1 Å². The third-order valence-electron chi connectivity index (χ3n) is 6.63. The standard InChI is InChI=1S/C28H30F3N5O3/c1-14(2)22-11-15(32)12-23(39-22)16-9-10-33-13-21(16)35-27(37)20-8-7-19(30)26(34-20)24-18(29)6-5-17(25(24)31)28(38)36(3)4/h5-10,13-15,22-23H,11-12,32H2,1-4H3,(H,35,37). The molecule has 1 aliphatic heterocycles. The van der Waals surface area contributed by atoms with Gasteiger partial charge in [-0.25, -0.2) is 18.2 Å². The fourth-order valence-electron chi connectivity index (χ4n) is 4.52. The molecule has 8 nitrogen and oxygen atoms in total. The zero-order chi connectivity index (χ0) is 28.4. The first-order valence-corrected chi connectivity index (χ1v) is 12.5. The number of rotatable bonds is 6. The van der Waals surface area contributed by atoms with Gasteiger partial charge in [0.25, 0.3) is 11.8 Å². The summed E-state index contributed by atoms with van der Waals surface area (Å²) in [5.74, 6) is -4.73. The molecule has 4 rings (SSSR count). The van der Waals surface area contributed by atoms with Crippen LogP contribution in [0.2, 0.25) is 0 Å². The van der Waals surface area contributed by atoms with Crippen LogP contribution in [0.5, 0.6) is 0 Å². The van der Waals surface area contributed by atoms with E-state index in [0.717, 1.165) is 35.6 Å². The zero-order valence-corrected chi connectivity index (χ0v) is 22.0. The number of anilines is 1. The number of nitrogens with two attached hydrogens (primary N) is 1. The molecule has 0 saturated carbocycles. The second-order valence-electron chi connectivity index (χ2n) is 10.1. The van der Waals surface area contributed by atoms with Crippen LogP contribution in [0, 0.1) is 23.4 Å². The normalized spacial score (nSPS) is 19.2. The predicted molar refractivity (Wildman–Crippen MR) is 139 cm³/mol. The van der Waals surface area contributed by atoms with Gasteiger partial charge in [0, 0.05) is 31.9 Å². The molecule has 11 heteroatoms. The van der Waals surface area contributed by atoms with E-state index in [-0.39, 0.29) is 23.8 Å². The predicted octanol–water partition coefficient (Wildman–Crippen LogP) is 4.72. The number of carbonyl (C=O) groups excluding carboxylic acids is 2. The van der Waals surface area contributed by atoms with Gasteiger partial charge >= 0.3 is 0 Å². The molecular weight excluding hydrogens is 511 g/mol. The molecule has 0 bridgehead atoms. The van der Waals surface area contributed by atoms with Crippen molar-refractivity contribution < 1.29 is 27.5 Å². The summed E-state index contributed by atoms with van der Waals surface area (Å²) in [6.45, 7) is 4.09. The first kappa shape index (κ1) is 28.2. The zero-order valence-electron chi connectivity index (χ0n) is 22.0. The molecule has 1 aromatic carbocycles. The van der Waals surface area contributed by atoms with Crippen molar-refractivity contribution in [1.29, 1.82) is 0 Å². The van der Waals surface area contributed by atoms with Gasteiger partial charge in [-0.2, -0.15) is 0 Å². The van der Waals surface area contributed by atoms with Gasteiger partial charge < -0.3 is 20.7 Å². The number of ether oxygens (including phenoxy) is 1. The van der Waals surface area contributed by atoms with Crippen LogP contribution in [0.15, 0.2) is 42.7 Å². The van der Waals surface area contributed by atoms with Crippen LogP contribution in [0.3, 0.4) is 0 Å². The van der Waals surface area contributed by atoms with E-state index >= 15 is 4.39 Å². The van der Waals surface area contributed by atoms with Gasteiger partial charge in [-0.05, 0) is 49.1 Å². The molecule has 3 heterocycles. The van der Waals surface area contributed by atoms with Crippen molar-refractivity contribution in [2.24, 2.45) is 11.7 Å². The molecule has 1 aliphatic rings. The third kappa shape index (κ3) is 5.94. The van der Waals surface area contributed by atoms with E-state index in [1.807, 2.05) is 13.8 Å². The van der Waals surface area contributed by atoms with Crippen molar-refractivity contribution in [2.45, 2.75) is 44.9 Å². The highest BCUT2D eigenvalue weighted by Crippen LogP contribution is 2.36. The fraction of sp³-hybridized carbons (Fsp3) is 0.357. The lowest BCUT2D eigenvalue weighted by Gasteiger charge is -2.36. The van der Waals surface area contributed by atoms with Gasteiger partial charge in [0.05, 0.1) is 35.2 Å². The Morgan fingerprint density at radius 1 is 1.08 bits per heavy atom. The SMILES string of the molecule is CC(C)C1CC(N)CC(c2ccncc2NC(=O)c2ccc(F)c(-c3c(F)ccc(C(=O)N(C)C)c3F)n2)O1. The Morgan fingerprint density at radius 2 is 1.79 bits per heavy atom. The maximum atomic E-state index is 15.2. The molecule has 206 valence electrons. The highest BCUT2D eigenvalue weighted by atomic mass is 19.1. The molecule has 3 N–H and O–H groups in total. The van der Waals surface area contributed by atoms with Gasteiger partial charge in [-0.15, -0.1) is 0 Å². The molecule has 2 amide bonds. The number of hydrogen-bond donors (Lipinski definition) is 2. The summed E-state index contributed by atoms with van der Waals surface area (Å²) < 4.78 is 51.0. The van der Waals surface area contributed by atoms with Gasteiger partial charge in [0.2, 0.25) is 0 Å². The number of halogens is 3. The first-order valence-electron chi connectivity index (χ1n) is 12.5. The van der Waals surface area contributed by atoms with E-state index < -0.39 is 52.2 Å². The van der Waals surface area contributed by atoms with Crippen LogP contribution in [-0.2, 0) is 4.74 Å². The van der Waals surface area contributed by atoms with E-state index in [1.165, 1.54) is 20.3 Å². The summed E-state index contributed by atoms with van der Waals surface area (Å²) in [4.78, 5) is 34.6. The van der Waals surface area contributed by atoms with E-state index in [0.29, 0.717) is 17.7 Å². The molecule has 0 radical (unpaired) electrons. The molecule has 3 unspecified atom stereocenters. The lowest BCUT2D eigenvalue weighted by molar-refractivity contribution is -0.0787. The lowest BCUT2D eigenvalue weighted by atomic mass is 9.90. The largest absolute Gasteiger partial charge is 0.370 e. The monoisotopic (exact) mass is 541 g/mol. The van der Waals surface area contributed by atoms with Crippen LogP contribution in [0.4, 0.5) is 18.9 Å². The van der Waals surface area contributed by atoms with Gasteiger partial charge in [0.15, 0.2) is 0 Å². The summed E-state index contributed by atoms with van der Waals surface area (Å²) in [7, 11) is 2.80. The number of nitrogens with zero attached hydrogens (tertiary/aromatic N) is 3. The minimum atomic E-state index is -1.28. The minimum absolute atomic E-state index is 0.0586. The van der Waals surface area contributed by atoms with Gasteiger partial charge in [-0.1, -0.05) is 13.8 Å². The Kier molecular flexibility index (Phi) is 8.31. The number of pyridine rings is 2. The number of nitrogens with one attached hydrogen (secondary N) is 1. The minimum Gasteiger partial charge on any atom is -0.370 e. The average Bonchev–Trinajstić information content (AvgIpc) is 2.89. The fourth-order valence-corrected chi connectivity index (χ4v) is 4.52. The second kappa shape index (κ2) is 11.5. The number of carbonyl (C=O) groups is 2. The Balaban J connectivity index is 1.67. The summed E-state index contributed by atoms with van der Waals surface area (Å²) in [5, 5.41) is 2.70. The highest BCUT2D eigenvalue weighted by Gasteiger charge is 2.32. The molecule has 1 saturated heterocycles. The Labute approximate surface area is 224 Å². The Hall–Kier alpha value is -3.83. The van der Waals surface area contributed by atoms with E-state index in [1.54, 1.807) is 12.3 Å². The summed E-state index contributed by atoms with van der Waals surface area (Å²) in [5.41, 5.74) is 4.93. The molecule has 0 spiro atoms. The van der Waals surface area contributed by atoms with E-state index in [9.17, 15) is 18.4 Å². The molecule has 39 heavy (non-hydrogen) atoms. The van der Waals surface area contributed by atoms with Crippen LogP contribution in [0.1, 0.15) is 59.2 Å². The maximum absolute atomic E-state index is 15.2. The van der Waals surface area contributed by atoms with Crippen molar-refractivity contribution in [3.05, 3.63) is 77.0 Å². The molecule has 1 fully saturated rings. The molecule has 2 aromatic heterocycles. The third-order valence-corrected chi connectivity index (χ3v) is 6.63. The molecular formula is C28H30F3N5O3. The quantitative estimate of drug-likeness (QED) is 0.467. The number of hydrogen-bond acceptors (Lipinski definition) is 6. The molecule has 0 aliphatic carbocycles. The summed E-state index contributed by atoms with van der Waals surface area (Å²) in [6.07, 6.45) is 3.82. The van der Waals surface area contributed by atoms with Gasteiger partial charge in [0.1, 0.15) is 28.8 Å². The van der Waals surface area contributed by atoms with Gasteiger partial charge in [-0.3, -0.25) is 14.6 Å². The number of aromatic nitrogens is 2. The smallest absolute Gasteiger partial charge is 0.274 e. The Bertz CT molecular complexity index is 1400. The maximum Gasteiger partial charge on any atom is 0.274 e.